The van der Waals surface area contributed by atoms with Crippen molar-refractivity contribution in [1.82, 2.24) is 5.16 Å². The third kappa shape index (κ3) is 3.36. The van der Waals surface area contributed by atoms with Crippen LogP contribution in [0, 0.1) is 6.92 Å². The van der Waals surface area contributed by atoms with E-state index in [2.05, 4.69) is 9.88 Å². The minimum Gasteiger partial charge on any atom is -0.493 e. The summed E-state index contributed by atoms with van der Waals surface area (Å²) in [4.78, 5) is 0.176. The van der Waals surface area contributed by atoms with Crippen LogP contribution in [-0.4, -0.2) is 27.8 Å². The number of nitrogens with zero attached hydrogens (tertiary/aromatic N) is 1. The highest BCUT2D eigenvalue weighted by Gasteiger charge is 2.22. The minimum atomic E-state index is -3.81. The van der Waals surface area contributed by atoms with E-state index in [-0.39, 0.29) is 10.8 Å². The van der Waals surface area contributed by atoms with Crippen molar-refractivity contribution in [3.05, 3.63) is 54.2 Å². The molecule has 1 heterocycles. The molecule has 2 aromatic carbocycles. The fourth-order valence-corrected chi connectivity index (χ4v) is 3.81. The van der Waals surface area contributed by atoms with E-state index in [9.17, 15) is 8.42 Å². The summed E-state index contributed by atoms with van der Waals surface area (Å²) in [5.41, 5.74) is 1.79. The summed E-state index contributed by atoms with van der Waals surface area (Å²) in [6.45, 7) is 1.73. The number of ether oxygens (including phenoxy) is 2. The lowest BCUT2D eigenvalue weighted by atomic mass is 10.1. The highest BCUT2D eigenvalue weighted by Crippen LogP contribution is 2.36. The lowest BCUT2D eigenvalue weighted by molar-refractivity contribution is 0.355. The zero-order valence-corrected chi connectivity index (χ0v) is 15.3. The Kier molecular flexibility index (Phi) is 4.85. The Morgan fingerprint density at radius 1 is 1.04 bits per heavy atom. The van der Waals surface area contributed by atoms with Crippen LogP contribution in [-0.2, 0) is 10.0 Å². The Morgan fingerprint density at radius 2 is 1.77 bits per heavy atom. The Bertz CT molecular complexity index is 1030. The second-order valence-electron chi connectivity index (χ2n) is 5.51. The van der Waals surface area contributed by atoms with Gasteiger partial charge < -0.3 is 14.0 Å². The molecule has 1 aromatic heterocycles. The van der Waals surface area contributed by atoms with Gasteiger partial charge in [0.25, 0.3) is 10.0 Å². The average Bonchev–Trinajstić information content (AvgIpc) is 3.08. The first-order valence-corrected chi connectivity index (χ1v) is 9.20. The molecule has 7 nitrogen and oxygen atoms in total. The first-order valence-electron chi connectivity index (χ1n) is 7.72. The standard InChI is InChI=1S/C18H18N2O5S/c1-12-6-4-5-7-17(12)26(21,22)20-18-14(11-19-25-18)13-8-9-15(23-2)16(10-13)24-3/h4-11,20H,1-3H3. The van der Waals surface area contributed by atoms with Crippen molar-refractivity contribution in [2.75, 3.05) is 18.9 Å². The molecule has 8 heteroatoms. The molecule has 0 bridgehead atoms. The van der Waals surface area contributed by atoms with Crippen LogP contribution in [0.15, 0.2) is 58.1 Å². The van der Waals surface area contributed by atoms with Crippen molar-refractivity contribution < 1.29 is 22.4 Å². The van der Waals surface area contributed by atoms with Gasteiger partial charge in [-0.1, -0.05) is 29.4 Å². The molecule has 0 unspecified atom stereocenters. The highest BCUT2D eigenvalue weighted by molar-refractivity contribution is 7.92. The lowest BCUT2D eigenvalue weighted by Gasteiger charge is -2.11. The zero-order valence-electron chi connectivity index (χ0n) is 14.5. The molecule has 0 spiro atoms. The monoisotopic (exact) mass is 374 g/mol. The average molecular weight is 374 g/mol. The van der Waals surface area contributed by atoms with Crippen molar-refractivity contribution >= 4 is 15.9 Å². The summed E-state index contributed by atoms with van der Waals surface area (Å²) >= 11 is 0. The molecule has 0 aliphatic rings. The van der Waals surface area contributed by atoms with E-state index in [0.29, 0.717) is 28.2 Å². The van der Waals surface area contributed by atoms with Crippen LogP contribution in [0.25, 0.3) is 11.1 Å². The number of hydrogen-bond donors (Lipinski definition) is 1. The Balaban J connectivity index is 1.98. The summed E-state index contributed by atoms with van der Waals surface area (Å²) in [7, 11) is -0.747. The maximum absolute atomic E-state index is 12.7. The Hall–Kier alpha value is -3.00. The van der Waals surface area contributed by atoms with Crippen LogP contribution in [0.4, 0.5) is 5.88 Å². The second kappa shape index (κ2) is 7.09. The van der Waals surface area contributed by atoms with Gasteiger partial charge in [-0.3, -0.25) is 0 Å². The van der Waals surface area contributed by atoms with Crippen LogP contribution in [0.2, 0.25) is 0 Å². The van der Waals surface area contributed by atoms with Crippen molar-refractivity contribution in [2.24, 2.45) is 0 Å². The molecular formula is C18H18N2O5S. The number of hydrogen-bond acceptors (Lipinski definition) is 6. The van der Waals surface area contributed by atoms with Gasteiger partial charge in [0.15, 0.2) is 11.5 Å². The van der Waals surface area contributed by atoms with Crippen LogP contribution in [0.3, 0.4) is 0 Å². The maximum Gasteiger partial charge on any atom is 0.264 e. The fourth-order valence-electron chi connectivity index (χ4n) is 2.56. The number of methoxy groups -OCH3 is 2. The highest BCUT2D eigenvalue weighted by atomic mass is 32.2. The largest absolute Gasteiger partial charge is 0.493 e. The van der Waals surface area contributed by atoms with Gasteiger partial charge in [0.2, 0.25) is 5.88 Å². The van der Waals surface area contributed by atoms with Crippen molar-refractivity contribution in [3.8, 4) is 22.6 Å². The molecule has 0 radical (unpaired) electrons. The van der Waals surface area contributed by atoms with Crippen molar-refractivity contribution in [3.63, 3.8) is 0 Å². The maximum atomic E-state index is 12.7. The van der Waals surface area contributed by atoms with E-state index in [1.54, 1.807) is 50.4 Å². The lowest BCUT2D eigenvalue weighted by Crippen LogP contribution is -2.14. The number of nitrogens with one attached hydrogen (secondary N) is 1. The van der Waals surface area contributed by atoms with Crippen LogP contribution >= 0.6 is 0 Å². The summed E-state index contributed by atoms with van der Waals surface area (Å²) in [5.74, 6) is 1.11. The molecule has 0 amide bonds. The molecule has 1 N–H and O–H groups in total. The number of sulfonamides is 1. The summed E-state index contributed by atoms with van der Waals surface area (Å²) in [5, 5.41) is 3.72. The Labute approximate surface area is 151 Å². The van der Waals surface area contributed by atoms with Crippen LogP contribution < -0.4 is 14.2 Å². The van der Waals surface area contributed by atoms with Gasteiger partial charge in [-0.05, 0) is 36.2 Å². The number of benzene rings is 2. The van der Waals surface area contributed by atoms with Gasteiger partial charge >= 0.3 is 0 Å². The quantitative estimate of drug-likeness (QED) is 0.710. The van der Waals surface area contributed by atoms with Gasteiger partial charge in [-0.25, -0.2) is 13.1 Å². The molecule has 0 fully saturated rings. The summed E-state index contributed by atoms with van der Waals surface area (Å²) in [6.07, 6.45) is 1.44. The number of aryl methyl sites for hydroxylation is 1. The van der Waals surface area contributed by atoms with E-state index in [1.807, 2.05) is 0 Å². The first kappa shape index (κ1) is 17.8. The van der Waals surface area contributed by atoms with Crippen LogP contribution in [0.5, 0.6) is 11.5 Å². The molecule has 3 aromatic rings. The third-order valence-corrected chi connectivity index (χ3v) is 5.37. The van der Waals surface area contributed by atoms with Crippen molar-refractivity contribution in [1.29, 1.82) is 0 Å². The molecule has 0 saturated carbocycles. The molecule has 3 rings (SSSR count). The number of anilines is 1. The van der Waals surface area contributed by atoms with Gasteiger partial charge in [0.05, 0.1) is 30.9 Å². The van der Waals surface area contributed by atoms with E-state index < -0.39 is 10.0 Å². The van der Waals surface area contributed by atoms with Gasteiger partial charge in [0.1, 0.15) is 0 Å². The summed E-state index contributed by atoms with van der Waals surface area (Å²) < 4.78 is 43.5. The molecule has 0 aliphatic carbocycles. The van der Waals surface area contributed by atoms with Gasteiger partial charge in [-0.15, -0.1) is 0 Å². The fraction of sp³-hybridized carbons (Fsp3) is 0.167. The normalized spacial score (nSPS) is 11.2. The molecule has 0 aliphatic heterocycles. The second-order valence-corrected chi connectivity index (χ2v) is 7.16. The third-order valence-electron chi connectivity index (χ3n) is 3.88. The minimum absolute atomic E-state index is 0.0282. The zero-order chi connectivity index (χ0) is 18.7. The molecule has 0 saturated heterocycles. The van der Waals surface area contributed by atoms with E-state index >= 15 is 0 Å². The number of rotatable bonds is 6. The predicted molar refractivity (Wildman–Crippen MR) is 97.0 cm³/mol. The van der Waals surface area contributed by atoms with E-state index in [4.69, 9.17) is 14.0 Å². The SMILES string of the molecule is COc1ccc(-c2cnoc2NS(=O)(=O)c2ccccc2C)cc1OC. The molecular weight excluding hydrogens is 356 g/mol. The first-order chi connectivity index (χ1) is 12.5. The topological polar surface area (TPSA) is 90.7 Å². The van der Waals surface area contributed by atoms with E-state index in [1.165, 1.54) is 19.4 Å². The van der Waals surface area contributed by atoms with Crippen molar-refractivity contribution in [2.45, 2.75) is 11.8 Å². The molecule has 0 atom stereocenters. The summed E-state index contributed by atoms with van der Waals surface area (Å²) in [6, 6.07) is 11.9. The van der Waals surface area contributed by atoms with E-state index in [0.717, 1.165) is 0 Å². The molecule has 26 heavy (non-hydrogen) atoms. The van der Waals surface area contributed by atoms with Gasteiger partial charge in [0, 0.05) is 0 Å². The molecule has 136 valence electrons. The Morgan fingerprint density at radius 3 is 2.46 bits per heavy atom. The van der Waals surface area contributed by atoms with Crippen LogP contribution in [0.1, 0.15) is 5.56 Å². The van der Waals surface area contributed by atoms with Gasteiger partial charge in [-0.2, -0.15) is 0 Å². The predicted octanol–water partition coefficient (Wildman–Crippen LogP) is 3.47. The number of aromatic nitrogens is 1. The smallest absolute Gasteiger partial charge is 0.264 e.